The van der Waals surface area contributed by atoms with Gasteiger partial charge in [0, 0.05) is 7.11 Å². The summed E-state index contributed by atoms with van der Waals surface area (Å²) in [5, 5.41) is 11.2. The number of aliphatic carboxylic acids is 1. The molecule has 2 N–H and O–H groups in total. The van der Waals surface area contributed by atoms with Crippen LogP contribution in [0.1, 0.15) is 13.8 Å². The topological polar surface area (TPSA) is 84.9 Å². The van der Waals surface area contributed by atoms with Gasteiger partial charge in [0.15, 0.2) is 6.04 Å². The predicted molar refractivity (Wildman–Crippen MR) is 57.2 cm³/mol. The number of methoxy groups -OCH3 is 1. The molecule has 0 aromatic rings. The van der Waals surface area contributed by atoms with E-state index in [1.807, 2.05) is 0 Å². The normalized spacial score (nSPS) is 12.7. The molecular weight excluding hydrogens is 214 g/mol. The number of carboxylic acids is 1. The average Bonchev–Trinajstić information content (AvgIpc) is 2.22. The molecule has 1 unspecified atom stereocenters. The lowest BCUT2D eigenvalue weighted by molar-refractivity contribution is -0.147. The van der Waals surface area contributed by atoms with Gasteiger partial charge in [0.25, 0.3) is 0 Å². The number of carbonyl (C=O) groups excluding carboxylic acids is 1. The van der Waals surface area contributed by atoms with Gasteiger partial charge in [-0.25, -0.2) is 9.59 Å². The lowest BCUT2D eigenvalue weighted by Gasteiger charge is -2.29. The highest BCUT2D eigenvalue weighted by Crippen LogP contribution is 2.14. The molecule has 92 valence electrons. The van der Waals surface area contributed by atoms with Gasteiger partial charge in [-0.2, -0.15) is 0 Å². The van der Waals surface area contributed by atoms with Gasteiger partial charge in [-0.05, 0) is 13.8 Å². The van der Waals surface area contributed by atoms with Crippen molar-refractivity contribution in [3.05, 3.63) is 12.7 Å². The van der Waals surface area contributed by atoms with Gasteiger partial charge in [0.2, 0.25) is 0 Å². The molecule has 0 saturated heterocycles. The van der Waals surface area contributed by atoms with Crippen LogP contribution in [0.2, 0.25) is 0 Å². The molecule has 0 spiro atoms. The molecule has 1 amide bonds. The first-order chi connectivity index (χ1) is 7.35. The maximum atomic E-state index is 11.2. The molecule has 6 heteroatoms. The summed E-state index contributed by atoms with van der Waals surface area (Å²) in [5.41, 5.74) is -1.03. The molecule has 1 atom stereocenters. The minimum atomic E-state index is -1.19. The summed E-state index contributed by atoms with van der Waals surface area (Å²) in [4.78, 5) is 22.1. The minimum Gasteiger partial charge on any atom is -0.480 e. The summed E-state index contributed by atoms with van der Waals surface area (Å²) in [5.74, 6) is -1.19. The maximum Gasteiger partial charge on any atom is 0.408 e. The lowest BCUT2D eigenvalue weighted by atomic mass is 9.99. The van der Waals surface area contributed by atoms with Crippen LogP contribution in [0, 0.1) is 0 Å². The fraction of sp³-hybridized carbons (Fsp3) is 0.600. The summed E-state index contributed by atoms with van der Waals surface area (Å²) >= 11 is 0. The standard InChI is InChI=1S/C10H17NO5/c1-5-6-16-9(14)11-7(8(12)13)10(2,3)15-4/h5,7H,1,6H2,2-4H3,(H,11,14)(H,12,13). The maximum absolute atomic E-state index is 11.2. The molecule has 0 aromatic carbocycles. The molecule has 6 nitrogen and oxygen atoms in total. The zero-order chi connectivity index (χ0) is 12.8. The molecule has 0 heterocycles. The number of hydrogen-bond donors (Lipinski definition) is 2. The Bertz CT molecular complexity index is 274. The first-order valence-electron chi connectivity index (χ1n) is 4.67. The quantitative estimate of drug-likeness (QED) is 0.660. The zero-order valence-corrected chi connectivity index (χ0v) is 9.65. The number of carboxylic acid groups (broad SMARTS) is 1. The number of rotatable bonds is 6. The first kappa shape index (κ1) is 14.4. The summed E-state index contributed by atoms with van der Waals surface area (Å²) in [6.45, 7) is 6.50. The Labute approximate surface area is 94.2 Å². The monoisotopic (exact) mass is 231 g/mol. The van der Waals surface area contributed by atoms with Crippen molar-refractivity contribution < 1.29 is 24.2 Å². The summed E-state index contributed by atoms with van der Waals surface area (Å²) < 4.78 is 9.62. The molecule has 0 aliphatic rings. The molecule has 0 radical (unpaired) electrons. The molecule has 0 bridgehead atoms. The van der Waals surface area contributed by atoms with Crippen molar-refractivity contribution in [3.63, 3.8) is 0 Å². The van der Waals surface area contributed by atoms with E-state index >= 15 is 0 Å². The second-order valence-corrected chi connectivity index (χ2v) is 3.61. The molecule has 0 saturated carbocycles. The molecule has 0 aromatic heterocycles. The van der Waals surface area contributed by atoms with Crippen molar-refractivity contribution in [1.82, 2.24) is 5.32 Å². The Kier molecular flexibility index (Phi) is 5.52. The Morgan fingerprint density at radius 2 is 2.12 bits per heavy atom. The van der Waals surface area contributed by atoms with Crippen LogP contribution in [0.4, 0.5) is 4.79 Å². The van der Waals surface area contributed by atoms with Crippen LogP contribution in [0.3, 0.4) is 0 Å². The molecule has 0 aliphatic carbocycles. The van der Waals surface area contributed by atoms with Crippen molar-refractivity contribution in [2.24, 2.45) is 0 Å². The van der Waals surface area contributed by atoms with Crippen molar-refractivity contribution >= 4 is 12.1 Å². The predicted octanol–water partition coefficient (Wildman–Crippen LogP) is 0.777. The van der Waals surface area contributed by atoms with Gasteiger partial charge >= 0.3 is 12.1 Å². The third-order valence-electron chi connectivity index (χ3n) is 2.06. The third-order valence-corrected chi connectivity index (χ3v) is 2.06. The van der Waals surface area contributed by atoms with Gasteiger partial charge in [0.05, 0.1) is 5.60 Å². The van der Waals surface area contributed by atoms with Crippen LogP contribution in [-0.4, -0.2) is 42.5 Å². The fourth-order valence-corrected chi connectivity index (χ4v) is 0.945. The van der Waals surface area contributed by atoms with Crippen LogP contribution < -0.4 is 5.32 Å². The molecule has 0 aliphatic heterocycles. The number of hydrogen-bond acceptors (Lipinski definition) is 4. The molecule has 16 heavy (non-hydrogen) atoms. The van der Waals surface area contributed by atoms with E-state index in [9.17, 15) is 9.59 Å². The average molecular weight is 231 g/mol. The van der Waals surface area contributed by atoms with E-state index in [1.165, 1.54) is 13.2 Å². The van der Waals surface area contributed by atoms with Gasteiger partial charge in [-0.1, -0.05) is 12.7 Å². The molecular formula is C10H17NO5. The van der Waals surface area contributed by atoms with Crippen LogP contribution >= 0.6 is 0 Å². The van der Waals surface area contributed by atoms with Crippen molar-refractivity contribution in [2.75, 3.05) is 13.7 Å². The summed E-state index contributed by atoms with van der Waals surface area (Å²) in [7, 11) is 1.37. The third kappa shape index (κ3) is 4.31. The van der Waals surface area contributed by atoms with Crippen LogP contribution in [0.25, 0.3) is 0 Å². The Balaban J connectivity index is 4.52. The number of carbonyl (C=O) groups is 2. The largest absolute Gasteiger partial charge is 0.480 e. The highest BCUT2D eigenvalue weighted by Gasteiger charge is 2.37. The highest BCUT2D eigenvalue weighted by molar-refractivity contribution is 5.81. The fourth-order valence-electron chi connectivity index (χ4n) is 0.945. The number of ether oxygens (including phenoxy) is 2. The van der Waals surface area contributed by atoms with Crippen molar-refractivity contribution in [2.45, 2.75) is 25.5 Å². The highest BCUT2D eigenvalue weighted by atomic mass is 16.5. The van der Waals surface area contributed by atoms with E-state index in [0.29, 0.717) is 0 Å². The van der Waals surface area contributed by atoms with Crippen LogP contribution in [0.15, 0.2) is 12.7 Å². The van der Waals surface area contributed by atoms with E-state index in [-0.39, 0.29) is 6.61 Å². The van der Waals surface area contributed by atoms with E-state index in [0.717, 1.165) is 0 Å². The van der Waals surface area contributed by atoms with Gasteiger partial charge in [-0.15, -0.1) is 0 Å². The smallest absolute Gasteiger partial charge is 0.408 e. The van der Waals surface area contributed by atoms with Gasteiger partial charge in [0.1, 0.15) is 6.61 Å². The summed E-state index contributed by atoms with van der Waals surface area (Å²) in [6.07, 6.45) is 0.564. The number of nitrogens with one attached hydrogen (secondary N) is 1. The van der Waals surface area contributed by atoms with Gasteiger partial charge in [-0.3, -0.25) is 0 Å². The minimum absolute atomic E-state index is 0.0194. The van der Waals surface area contributed by atoms with E-state index < -0.39 is 23.7 Å². The number of alkyl carbamates (subject to hydrolysis) is 1. The summed E-state index contributed by atoms with van der Waals surface area (Å²) in [6, 6.07) is -1.19. The molecule has 0 fully saturated rings. The van der Waals surface area contributed by atoms with Crippen LogP contribution in [-0.2, 0) is 14.3 Å². The SMILES string of the molecule is C=CCOC(=O)NC(C(=O)O)C(C)(C)OC. The second kappa shape index (κ2) is 6.12. The van der Waals surface area contributed by atoms with Crippen molar-refractivity contribution in [3.8, 4) is 0 Å². The number of amides is 1. The Morgan fingerprint density at radius 1 is 1.56 bits per heavy atom. The van der Waals surface area contributed by atoms with E-state index in [1.54, 1.807) is 13.8 Å². The zero-order valence-electron chi connectivity index (χ0n) is 9.65. The molecule has 0 rings (SSSR count). The lowest BCUT2D eigenvalue weighted by Crippen LogP contribution is -2.55. The van der Waals surface area contributed by atoms with Gasteiger partial charge < -0.3 is 19.9 Å². The Hall–Kier alpha value is -1.56. The van der Waals surface area contributed by atoms with Crippen molar-refractivity contribution in [1.29, 1.82) is 0 Å². The Morgan fingerprint density at radius 3 is 2.50 bits per heavy atom. The van der Waals surface area contributed by atoms with E-state index in [2.05, 4.69) is 16.6 Å². The van der Waals surface area contributed by atoms with Crippen LogP contribution in [0.5, 0.6) is 0 Å². The van der Waals surface area contributed by atoms with E-state index in [4.69, 9.17) is 9.84 Å². The second-order valence-electron chi connectivity index (χ2n) is 3.61. The first-order valence-corrected chi connectivity index (χ1v) is 4.67.